The first-order valence-corrected chi connectivity index (χ1v) is 2.52. The molecule has 9 heavy (non-hydrogen) atoms. The molecule has 0 fully saturated rings. The van der Waals surface area contributed by atoms with Crippen LogP contribution in [0.15, 0.2) is 0 Å². The molecule has 0 spiro atoms. The normalized spacial score (nSPS) is 6.67. The smallest absolute Gasteiger partial charge is 0.820 e. The van der Waals surface area contributed by atoms with E-state index in [2.05, 4.69) is 11.5 Å². The van der Waals surface area contributed by atoms with Gasteiger partial charge in [0.05, 0.1) is 0 Å². The van der Waals surface area contributed by atoms with E-state index in [-0.39, 0.29) is 25.4 Å². The van der Waals surface area contributed by atoms with Crippen LogP contribution in [0.4, 0.5) is 0 Å². The minimum Gasteiger partial charge on any atom is -0.820 e. The summed E-state index contributed by atoms with van der Waals surface area (Å²) in [7, 11) is -3.12. The van der Waals surface area contributed by atoms with Crippen LogP contribution < -0.4 is 21.3 Å². The molecule has 0 saturated heterocycles. The van der Waals surface area contributed by atoms with Crippen molar-refractivity contribution in [1.82, 2.24) is 0 Å². The third-order valence-corrected chi connectivity index (χ3v) is 0. The Kier molecular flexibility index (Phi) is 19.8. The first kappa shape index (κ1) is 16.1. The van der Waals surface area contributed by atoms with Gasteiger partial charge in [0, 0.05) is 0 Å². The van der Waals surface area contributed by atoms with E-state index in [4.69, 9.17) is 20.1 Å². The molecule has 0 aromatic carbocycles. The van der Waals surface area contributed by atoms with Gasteiger partial charge in [0.15, 0.2) is 5.96 Å². The minimum absolute atomic E-state index is 0. The summed E-state index contributed by atoms with van der Waals surface area (Å²) in [5.41, 5.74) is 8.94. The van der Waals surface area contributed by atoms with Gasteiger partial charge < -0.3 is 26.1 Å². The van der Waals surface area contributed by atoms with Gasteiger partial charge in [-0.15, -0.1) is 0 Å². The monoisotopic (exact) mass is 203 g/mol. The van der Waals surface area contributed by atoms with Crippen molar-refractivity contribution in [2.75, 3.05) is 0 Å². The zero-order valence-corrected chi connectivity index (χ0v) is 8.43. The van der Waals surface area contributed by atoms with Crippen LogP contribution in [0.3, 0.4) is 0 Å². The molecule has 0 amide bonds. The number of hydrogen-bond acceptors (Lipinski definition) is 4. The first-order chi connectivity index (χ1) is 3.46. The van der Waals surface area contributed by atoms with Crippen molar-refractivity contribution < 1.29 is 34.2 Å². The SMILES string of the molecule is N=C(N)N.[O-]P([O-])O.[Zn+2]. The van der Waals surface area contributed by atoms with E-state index in [0.29, 0.717) is 0 Å². The summed E-state index contributed by atoms with van der Waals surface area (Å²) in [5, 5.41) is 6.06. The minimum atomic E-state index is -3.12. The molecule has 0 aromatic rings. The van der Waals surface area contributed by atoms with Gasteiger partial charge in [-0.25, -0.2) is 0 Å². The molecule has 0 aromatic heterocycles. The maximum atomic E-state index is 8.59. The number of guanidine groups is 1. The van der Waals surface area contributed by atoms with Crippen molar-refractivity contribution in [2.24, 2.45) is 11.5 Å². The van der Waals surface area contributed by atoms with E-state index in [9.17, 15) is 0 Å². The number of nitrogens with two attached hydrogens (primary N) is 2. The fourth-order valence-electron chi connectivity index (χ4n) is 0. The van der Waals surface area contributed by atoms with Crippen LogP contribution in [-0.4, -0.2) is 10.9 Å². The van der Waals surface area contributed by atoms with E-state index < -0.39 is 8.60 Å². The molecule has 0 aliphatic carbocycles. The summed E-state index contributed by atoms with van der Waals surface area (Å²) in [6.07, 6.45) is 0. The van der Waals surface area contributed by atoms with Gasteiger partial charge in [-0.05, 0) is 0 Å². The molecule has 8 heteroatoms. The van der Waals surface area contributed by atoms with Gasteiger partial charge in [-0.1, -0.05) is 0 Å². The van der Waals surface area contributed by atoms with Crippen LogP contribution >= 0.6 is 8.60 Å². The Hall–Kier alpha value is 0.203. The molecule has 0 heterocycles. The van der Waals surface area contributed by atoms with Gasteiger partial charge in [-0.3, -0.25) is 5.41 Å². The largest absolute Gasteiger partial charge is 2.00 e. The zero-order chi connectivity index (χ0) is 7.15. The molecule has 6 N–H and O–H groups in total. The van der Waals surface area contributed by atoms with Crippen molar-refractivity contribution in [3.63, 3.8) is 0 Å². The van der Waals surface area contributed by atoms with E-state index in [1.165, 1.54) is 0 Å². The summed E-state index contributed by atoms with van der Waals surface area (Å²) in [4.78, 5) is 24.2. The van der Waals surface area contributed by atoms with Crippen molar-refractivity contribution in [2.45, 2.75) is 0 Å². The predicted molar refractivity (Wildman–Crippen MR) is 25.2 cm³/mol. The fraction of sp³-hybridized carbons (Fsp3) is 0. The van der Waals surface area contributed by atoms with Crippen LogP contribution in [0.1, 0.15) is 0 Å². The molecular weight excluding hydrogens is 198 g/mol. The summed E-state index contributed by atoms with van der Waals surface area (Å²) in [5.74, 6) is -0.333. The van der Waals surface area contributed by atoms with Crippen LogP contribution in [-0.2, 0) is 19.5 Å². The molecule has 0 aliphatic rings. The van der Waals surface area contributed by atoms with Gasteiger partial charge >= 0.3 is 19.5 Å². The Morgan fingerprint density at radius 3 is 1.44 bits per heavy atom. The molecule has 0 radical (unpaired) electrons. The van der Waals surface area contributed by atoms with Crippen LogP contribution in [0.5, 0.6) is 0 Å². The average Bonchev–Trinajstić information content (AvgIpc) is 1.25. The Balaban J connectivity index is -0.0000000720. The Bertz CT molecular complexity index is 63.3. The van der Waals surface area contributed by atoms with Crippen molar-refractivity contribution in [1.29, 1.82) is 5.41 Å². The van der Waals surface area contributed by atoms with Crippen molar-refractivity contribution in [3.8, 4) is 0 Å². The number of rotatable bonds is 0. The maximum absolute atomic E-state index is 8.59. The number of nitrogens with one attached hydrogen (secondary N) is 1. The van der Waals surface area contributed by atoms with Crippen molar-refractivity contribution in [3.05, 3.63) is 0 Å². The van der Waals surface area contributed by atoms with Crippen LogP contribution in [0, 0.1) is 5.41 Å². The number of hydrogen-bond donors (Lipinski definition) is 4. The second-order valence-corrected chi connectivity index (χ2v) is 1.17. The van der Waals surface area contributed by atoms with Crippen molar-refractivity contribution >= 4 is 14.6 Å². The average molecular weight is 204 g/mol. The van der Waals surface area contributed by atoms with Gasteiger partial charge in [0.2, 0.25) is 0 Å². The van der Waals surface area contributed by atoms with E-state index >= 15 is 0 Å². The van der Waals surface area contributed by atoms with E-state index in [1.807, 2.05) is 0 Å². The molecule has 0 saturated carbocycles. The predicted octanol–water partition coefficient (Wildman–Crippen LogP) is -3.24. The van der Waals surface area contributed by atoms with Gasteiger partial charge in [-0.2, -0.15) is 8.60 Å². The Labute approximate surface area is 66.1 Å². The molecule has 50 valence electrons. The summed E-state index contributed by atoms with van der Waals surface area (Å²) < 4.78 is 0. The summed E-state index contributed by atoms with van der Waals surface area (Å²) in [6, 6.07) is 0. The summed E-state index contributed by atoms with van der Waals surface area (Å²) in [6.45, 7) is 0. The van der Waals surface area contributed by atoms with E-state index in [0.717, 1.165) is 0 Å². The quantitative estimate of drug-likeness (QED) is 0.142. The molecular formula is CH6N3O3PZn. The summed E-state index contributed by atoms with van der Waals surface area (Å²) >= 11 is 0. The Morgan fingerprint density at radius 1 is 1.44 bits per heavy atom. The third kappa shape index (κ3) is 7630. The molecule has 0 atom stereocenters. The maximum Gasteiger partial charge on any atom is 2.00 e. The molecule has 0 aliphatic heterocycles. The standard InChI is InChI=1S/CH5N3.HO3P.Zn/c2-1(3)4;1-4(2)3;/h(H5,2,3,4);1H;/q;-2;+2. The van der Waals surface area contributed by atoms with Crippen LogP contribution in [0.2, 0.25) is 0 Å². The molecule has 0 unspecified atom stereocenters. The van der Waals surface area contributed by atoms with Crippen LogP contribution in [0.25, 0.3) is 0 Å². The van der Waals surface area contributed by atoms with E-state index in [1.54, 1.807) is 0 Å². The third-order valence-electron chi connectivity index (χ3n) is 0. The Morgan fingerprint density at radius 2 is 1.44 bits per heavy atom. The zero-order valence-electron chi connectivity index (χ0n) is 4.57. The van der Waals surface area contributed by atoms with Gasteiger partial charge in [0.25, 0.3) is 0 Å². The first-order valence-electron chi connectivity index (χ1n) is 1.39. The molecule has 0 rings (SSSR count). The molecule has 0 bridgehead atoms. The molecule has 6 nitrogen and oxygen atoms in total. The second-order valence-electron chi connectivity index (χ2n) is 0.693. The topological polar surface area (TPSA) is 142 Å². The second kappa shape index (κ2) is 11.1. The fourth-order valence-corrected chi connectivity index (χ4v) is 0. The van der Waals surface area contributed by atoms with Gasteiger partial charge in [0.1, 0.15) is 0 Å².